The van der Waals surface area contributed by atoms with Crippen molar-refractivity contribution in [2.45, 2.75) is 39.2 Å². The van der Waals surface area contributed by atoms with E-state index in [0.717, 1.165) is 24.1 Å². The van der Waals surface area contributed by atoms with Gasteiger partial charge in [-0.2, -0.15) is 10.2 Å². The standard InChI is InChI=1S/C9H7N.C8H14N2/c1-2-6-9-8(4-1)5-3-7-10-9;1-4-7-6-8(3,5-2)10-9-7/h1-7H;6H,4-5H2,1-3H3. The molecule has 1 unspecified atom stereocenters. The molecule has 0 saturated carbocycles. The molecule has 3 rings (SSSR count). The number of hydrogen-bond acceptors (Lipinski definition) is 3. The molecule has 1 aromatic carbocycles. The summed E-state index contributed by atoms with van der Waals surface area (Å²) < 4.78 is 0. The first kappa shape index (κ1) is 14.4. The van der Waals surface area contributed by atoms with Crippen LogP contribution in [0.3, 0.4) is 0 Å². The van der Waals surface area contributed by atoms with Gasteiger partial charge in [0.1, 0.15) is 0 Å². The lowest BCUT2D eigenvalue weighted by atomic mass is 10.00. The zero-order valence-corrected chi connectivity index (χ0v) is 12.4. The Labute approximate surface area is 120 Å². The fraction of sp³-hybridized carbons (Fsp3) is 0.353. The van der Waals surface area contributed by atoms with E-state index in [9.17, 15) is 0 Å². The number of hydrogen-bond donors (Lipinski definition) is 0. The van der Waals surface area contributed by atoms with Crippen LogP contribution in [0.2, 0.25) is 0 Å². The Morgan fingerprint density at radius 2 is 1.80 bits per heavy atom. The second kappa shape index (κ2) is 6.42. The average Bonchev–Trinajstić information content (AvgIpc) is 2.91. The van der Waals surface area contributed by atoms with Gasteiger partial charge in [0.25, 0.3) is 0 Å². The Bertz CT molecular complexity index is 565. The van der Waals surface area contributed by atoms with E-state index in [4.69, 9.17) is 0 Å². The summed E-state index contributed by atoms with van der Waals surface area (Å²) >= 11 is 0. The zero-order valence-electron chi connectivity index (χ0n) is 12.4. The molecular formula is C17H21N3. The molecule has 0 amide bonds. The Morgan fingerprint density at radius 3 is 2.40 bits per heavy atom. The molecule has 20 heavy (non-hydrogen) atoms. The summed E-state index contributed by atoms with van der Waals surface area (Å²) in [6, 6.07) is 12.1. The van der Waals surface area contributed by atoms with Crippen molar-refractivity contribution < 1.29 is 0 Å². The highest BCUT2D eigenvalue weighted by Crippen LogP contribution is 2.27. The van der Waals surface area contributed by atoms with Crippen LogP contribution in [0.4, 0.5) is 0 Å². The summed E-state index contributed by atoms with van der Waals surface area (Å²) in [5.41, 5.74) is 2.19. The van der Waals surface area contributed by atoms with E-state index in [0.29, 0.717) is 0 Å². The fourth-order valence-corrected chi connectivity index (χ4v) is 1.96. The molecule has 0 fully saturated rings. The van der Waals surface area contributed by atoms with Crippen molar-refractivity contribution in [3.63, 3.8) is 0 Å². The lowest BCUT2D eigenvalue weighted by molar-refractivity contribution is 0.558. The fourth-order valence-electron chi connectivity index (χ4n) is 1.96. The van der Waals surface area contributed by atoms with Gasteiger partial charge in [0.2, 0.25) is 0 Å². The summed E-state index contributed by atoms with van der Waals surface area (Å²) in [5, 5.41) is 9.43. The Kier molecular flexibility index (Phi) is 4.61. The highest BCUT2D eigenvalue weighted by atomic mass is 15.2. The molecule has 1 aromatic heterocycles. The molecule has 0 spiro atoms. The third-order valence-corrected chi connectivity index (χ3v) is 3.47. The lowest BCUT2D eigenvalue weighted by Crippen LogP contribution is -2.13. The predicted molar refractivity (Wildman–Crippen MR) is 83.7 cm³/mol. The topological polar surface area (TPSA) is 37.6 Å². The molecule has 0 radical (unpaired) electrons. The van der Waals surface area contributed by atoms with Gasteiger partial charge in [0.15, 0.2) is 0 Å². The third-order valence-electron chi connectivity index (χ3n) is 3.47. The van der Waals surface area contributed by atoms with Crippen LogP contribution in [0.15, 0.2) is 64.6 Å². The quantitative estimate of drug-likeness (QED) is 0.741. The molecule has 1 aliphatic rings. The minimum atomic E-state index is 0.00530. The van der Waals surface area contributed by atoms with Crippen LogP contribution >= 0.6 is 0 Å². The average molecular weight is 267 g/mol. The molecule has 0 aliphatic carbocycles. The Morgan fingerprint density at radius 1 is 1.05 bits per heavy atom. The van der Waals surface area contributed by atoms with Crippen LogP contribution in [0, 0.1) is 0 Å². The maximum atomic E-state index is 4.18. The van der Waals surface area contributed by atoms with Crippen molar-refractivity contribution in [3.8, 4) is 0 Å². The second-order valence-corrected chi connectivity index (χ2v) is 5.10. The van der Waals surface area contributed by atoms with Crippen LogP contribution in [-0.4, -0.2) is 10.5 Å². The smallest absolute Gasteiger partial charge is 0.0990 e. The minimum absolute atomic E-state index is 0.00530. The van der Waals surface area contributed by atoms with Gasteiger partial charge < -0.3 is 0 Å². The van der Waals surface area contributed by atoms with Crippen molar-refractivity contribution in [1.29, 1.82) is 0 Å². The molecule has 3 heteroatoms. The molecule has 2 aromatic rings. The van der Waals surface area contributed by atoms with E-state index in [-0.39, 0.29) is 5.54 Å². The molecule has 1 atom stereocenters. The normalized spacial score (nSPS) is 20.4. The van der Waals surface area contributed by atoms with Gasteiger partial charge in [-0.05, 0) is 38.0 Å². The predicted octanol–water partition coefficient (Wildman–Crippen LogP) is 5.15. The van der Waals surface area contributed by atoms with Crippen LogP contribution in [0.5, 0.6) is 0 Å². The molecular weight excluding hydrogens is 246 g/mol. The highest BCUT2D eigenvalue weighted by molar-refractivity contribution is 5.77. The Balaban J connectivity index is 0.000000147. The first-order valence-electron chi connectivity index (χ1n) is 7.11. The molecule has 0 N–H and O–H groups in total. The number of fused-ring (bicyclic) bond motifs is 1. The first-order chi connectivity index (χ1) is 9.67. The molecule has 1 aliphatic heterocycles. The van der Waals surface area contributed by atoms with Crippen molar-refractivity contribution in [2.24, 2.45) is 10.2 Å². The maximum absolute atomic E-state index is 4.18. The molecule has 0 bridgehead atoms. The van der Waals surface area contributed by atoms with Gasteiger partial charge in [-0.3, -0.25) is 4.98 Å². The lowest BCUT2D eigenvalue weighted by Gasteiger charge is -2.11. The summed E-state index contributed by atoms with van der Waals surface area (Å²) in [6.07, 6.45) is 6.01. The van der Waals surface area contributed by atoms with Gasteiger partial charge in [-0.15, -0.1) is 0 Å². The summed E-state index contributed by atoms with van der Waals surface area (Å²) in [7, 11) is 0. The number of azo groups is 1. The zero-order chi connectivity index (χ0) is 14.4. The van der Waals surface area contributed by atoms with Gasteiger partial charge in [0.05, 0.1) is 16.8 Å². The summed E-state index contributed by atoms with van der Waals surface area (Å²) in [4.78, 5) is 4.18. The molecule has 3 nitrogen and oxygen atoms in total. The monoisotopic (exact) mass is 267 g/mol. The van der Waals surface area contributed by atoms with Crippen LogP contribution in [0.1, 0.15) is 33.6 Å². The van der Waals surface area contributed by atoms with Crippen molar-refractivity contribution in [1.82, 2.24) is 4.98 Å². The van der Waals surface area contributed by atoms with E-state index in [2.05, 4.69) is 54.2 Å². The van der Waals surface area contributed by atoms with Crippen LogP contribution in [-0.2, 0) is 0 Å². The highest BCUT2D eigenvalue weighted by Gasteiger charge is 2.22. The number of para-hydroxylation sites is 1. The van der Waals surface area contributed by atoms with Crippen LogP contribution in [0.25, 0.3) is 10.9 Å². The molecule has 104 valence electrons. The van der Waals surface area contributed by atoms with E-state index in [1.54, 1.807) is 0 Å². The van der Waals surface area contributed by atoms with E-state index in [1.165, 1.54) is 5.39 Å². The first-order valence-corrected chi connectivity index (χ1v) is 7.11. The Hall–Kier alpha value is -2.03. The number of benzene rings is 1. The number of aromatic nitrogens is 1. The van der Waals surface area contributed by atoms with Gasteiger partial charge in [0, 0.05) is 11.6 Å². The van der Waals surface area contributed by atoms with E-state index < -0.39 is 0 Å². The number of allylic oxidation sites excluding steroid dienone is 1. The van der Waals surface area contributed by atoms with Gasteiger partial charge in [-0.25, -0.2) is 0 Å². The maximum Gasteiger partial charge on any atom is 0.0990 e. The molecule has 0 saturated heterocycles. The SMILES string of the molecule is CCC1=CC(C)(CC)N=N1.c1ccc2ncccc2c1. The summed E-state index contributed by atoms with van der Waals surface area (Å²) in [6.45, 7) is 6.35. The number of pyridine rings is 1. The van der Waals surface area contributed by atoms with Crippen molar-refractivity contribution >= 4 is 10.9 Å². The minimum Gasteiger partial charge on any atom is -0.256 e. The van der Waals surface area contributed by atoms with Gasteiger partial charge >= 0.3 is 0 Å². The van der Waals surface area contributed by atoms with Crippen molar-refractivity contribution in [2.75, 3.05) is 0 Å². The van der Waals surface area contributed by atoms with E-state index >= 15 is 0 Å². The summed E-state index contributed by atoms with van der Waals surface area (Å²) in [5.74, 6) is 0. The van der Waals surface area contributed by atoms with Gasteiger partial charge in [-0.1, -0.05) is 38.1 Å². The molecule has 2 heterocycles. The van der Waals surface area contributed by atoms with Crippen LogP contribution < -0.4 is 0 Å². The number of rotatable bonds is 2. The van der Waals surface area contributed by atoms with E-state index in [1.807, 2.05) is 30.5 Å². The third kappa shape index (κ3) is 3.50. The largest absolute Gasteiger partial charge is 0.256 e. The number of nitrogens with zero attached hydrogens (tertiary/aromatic N) is 3. The second-order valence-electron chi connectivity index (χ2n) is 5.10. The van der Waals surface area contributed by atoms with Crippen molar-refractivity contribution in [3.05, 3.63) is 54.4 Å².